The molecule has 0 N–H and O–H groups in total. The van der Waals surface area contributed by atoms with Crippen LogP contribution in [0.1, 0.15) is 12.1 Å². The van der Waals surface area contributed by atoms with Gasteiger partial charge < -0.3 is 0 Å². The number of hydrogen-bond acceptors (Lipinski definition) is 2. The van der Waals surface area contributed by atoms with Crippen LogP contribution in [0.4, 0.5) is 0 Å². The van der Waals surface area contributed by atoms with Crippen molar-refractivity contribution in [1.82, 2.24) is 10.2 Å². The summed E-state index contributed by atoms with van der Waals surface area (Å²) in [6, 6.07) is 3.84. The van der Waals surface area contributed by atoms with Crippen molar-refractivity contribution in [3.8, 4) is 0 Å². The minimum Gasteiger partial charge on any atom is -0.159 e. The lowest BCUT2D eigenvalue weighted by Crippen LogP contribution is -1.89. The first-order valence-electron chi connectivity index (χ1n) is 2.99. The van der Waals surface area contributed by atoms with Gasteiger partial charge >= 0.3 is 0 Å². The summed E-state index contributed by atoms with van der Waals surface area (Å²) >= 11 is 0. The molecule has 0 aliphatic heterocycles. The van der Waals surface area contributed by atoms with E-state index in [-0.39, 0.29) is 0 Å². The first-order chi connectivity index (χ1) is 4.43. The zero-order valence-electron chi connectivity index (χ0n) is 5.25. The lowest BCUT2D eigenvalue weighted by Gasteiger charge is -1.91. The van der Waals surface area contributed by atoms with Gasteiger partial charge in [0.25, 0.3) is 0 Å². The topological polar surface area (TPSA) is 25.8 Å². The molecule has 0 aliphatic rings. The van der Waals surface area contributed by atoms with Gasteiger partial charge in [0.1, 0.15) is 0 Å². The van der Waals surface area contributed by atoms with E-state index in [1.165, 1.54) is 0 Å². The maximum absolute atomic E-state index is 3.88. The van der Waals surface area contributed by atoms with Crippen molar-refractivity contribution >= 4 is 0 Å². The minimum atomic E-state index is 0.888. The molecule has 1 radical (unpaired) electrons. The third kappa shape index (κ3) is 1.80. The summed E-state index contributed by atoms with van der Waals surface area (Å²) in [5.74, 6) is 0. The van der Waals surface area contributed by atoms with E-state index >= 15 is 0 Å². The zero-order valence-corrected chi connectivity index (χ0v) is 5.25. The standard InChI is InChI=1S/C7H9N2/c1-2-4-7-5-3-6-8-9-7/h3,5-6H,1-2,4H2. The van der Waals surface area contributed by atoms with Crippen LogP contribution in [0.15, 0.2) is 18.3 Å². The highest BCUT2D eigenvalue weighted by Crippen LogP contribution is 1.93. The van der Waals surface area contributed by atoms with Gasteiger partial charge in [-0.1, -0.05) is 6.92 Å². The summed E-state index contributed by atoms with van der Waals surface area (Å²) in [6.07, 6.45) is 3.49. The summed E-state index contributed by atoms with van der Waals surface area (Å²) in [6.45, 7) is 3.71. The molecule has 0 unspecified atom stereocenters. The molecular weight excluding hydrogens is 112 g/mol. The van der Waals surface area contributed by atoms with Gasteiger partial charge in [0.05, 0.1) is 5.69 Å². The van der Waals surface area contributed by atoms with E-state index in [1.807, 2.05) is 12.1 Å². The fourth-order valence-corrected chi connectivity index (χ4v) is 0.648. The number of aryl methyl sites for hydroxylation is 1. The number of hydrogen-bond donors (Lipinski definition) is 0. The van der Waals surface area contributed by atoms with Crippen LogP contribution in [0.25, 0.3) is 0 Å². The Kier molecular flexibility index (Phi) is 2.19. The van der Waals surface area contributed by atoms with Crippen LogP contribution < -0.4 is 0 Å². The van der Waals surface area contributed by atoms with Crippen LogP contribution in [-0.4, -0.2) is 10.2 Å². The lowest BCUT2D eigenvalue weighted by atomic mass is 10.2. The Morgan fingerprint density at radius 3 is 3.00 bits per heavy atom. The number of aromatic nitrogens is 2. The highest BCUT2D eigenvalue weighted by atomic mass is 15.1. The third-order valence-electron chi connectivity index (χ3n) is 1.06. The second-order valence-electron chi connectivity index (χ2n) is 1.82. The average Bonchev–Trinajstić information content (AvgIpc) is 1.91. The molecule has 0 bridgehead atoms. The second kappa shape index (κ2) is 3.17. The molecule has 1 heterocycles. The molecule has 0 spiro atoms. The van der Waals surface area contributed by atoms with Crippen molar-refractivity contribution in [2.24, 2.45) is 0 Å². The summed E-state index contributed by atoms with van der Waals surface area (Å²) < 4.78 is 0. The molecule has 0 amide bonds. The molecule has 1 aromatic heterocycles. The summed E-state index contributed by atoms with van der Waals surface area (Å²) in [5.41, 5.74) is 1.02. The second-order valence-corrected chi connectivity index (χ2v) is 1.82. The SMILES string of the molecule is [CH2]CCc1cccnn1. The fourth-order valence-electron chi connectivity index (χ4n) is 0.648. The van der Waals surface area contributed by atoms with E-state index in [9.17, 15) is 0 Å². The van der Waals surface area contributed by atoms with E-state index in [0.717, 1.165) is 18.5 Å². The Bertz CT molecular complexity index is 160. The predicted octanol–water partition coefficient (Wildman–Crippen LogP) is 1.24. The Hall–Kier alpha value is -0.920. The molecule has 0 aliphatic carbocycles. The molecule has 1 rings (SSSR count). The molecule has 2 nitrogen and oxygen atoms in total. The molecule has 2 heteroatoms. The van der Waals surface area contributed by atoms with Gasteiger partial charge in [-0.05, 0) is 25.0 Å². The number of rotatable bonds is 2. The Morgan fingerprint density at radius 1 is 1.56 bits per heavy atom. The third-order valence-corrected chi connectivity index (χ3v) is 1.06. The van der Waals surface area contributed by atoms with Gasteiger partial charge in [-0.3, -0.25) is 0 Å². The smallest absolute Gasteiger partial charge is 0.0631 e. The summed E-state index contributed by atoms with van der Waals surface area (Å²) in [7, 11) is 0. The Balaban J connectivity index is 2.61. The van der Waals surface area contributed by atoms with Crippen LogP contribution in [0.5, 0.6) is 0 Å². The van der Waals surface area contributed by atoms with Gasteiger partial charge in [0.15, 0.2) is 0 Å². The fraction of sp³-hybridized carbons (Fsp3) is 0.286. The summed E-state index contributed by atoms with van der Waals surface area (Å²) in [5, 5.41) is 7.60. The van der Waals surface area contributed by atoms with E-state index < -0.39 is 0 Å². The average molecular weight is 121 g/mol. The molecule has 0 atom stereocenters. The van der Waals surface area contributed by atoms with E-state index in [2.05, 4.69) is 17.1 Å². The predicted molar refractivity (Wildman–Crippen MR) is 35.7 cm³/mol. The first-order valence-corrected chi connectivity index (χ1v) is 2.99. The molecule has 0 saturated heterocycles. The van der Waals surface area contributed by atoms with Crippen molar-refractivity contribution in [3.05, 3.63) is 30.9 Å². The van der Waals surface area contributed by atoms with Gasteiger partial charge in [0.2, 0.25) is 0 Å². The zero-order chi connectivity index (χ0) is 6.53. The minimum absolute atomic E-state index is 0.888. The molecule has 9 heavy (non-hydrogen) atoms. The maximum Gasteiger partial charge on any atom is 0.0631 e. The molecule has 1 aromatic rings. The molecule has 47 valence electrons. The van der Waals surface area contributed by atoms with Crippen molar-refractivity contribution in [2.45, 2.75) is 12.8 Å². The van der Waals surface area contributed by atoms with Gasteiger partial charge in [-0.15, -0.1) is 0 Å². The van der Waals surface area contributed by atoms with E-state index in [0.29, 0.717) is 0 Å². The lowest BCUT2D eigenvalue weighted by molar-refractivity contribution is 0.874. The van der Waals surface area contributed by atoms with Crippen molar-refractivity contribution in [2.75, 3.05) is 0 Å². The van der Waals surface area contributed by atoms with Crippen LogP contribution in [-0.2, 0) is 6.42 Å². The van der Waals surface area contributed by atoms with Gasteiger partial charge in [-0.25, -0.2) is 0 Å². The van der Waals surface area contributed by atoms with Crippen molar-refractivity contribution in [3.63, 3.8) is 0 Å². The van der Waals surface area contributed by atoms with Crippen LogP contribution in [0.2, 0.25) is 0 Å². The van der Waals surface area contributed by atoms with Crippen LogP contribution in [0.3, 0.4) is 0 Å². The van der Waals surface area contributed by atoms with Crippen LogP contribution in [0, 0.1) is 6.92 Å². The number of nitrogens with zero attached hydrogens (tertiary/aromatic N) is 2. The Morgan fingerprint density at radius 2 is 2.44 bits per heavy atom. The monoisotopic (exact) mass is 121 g/mol. The highest BCUT2D eigenvalue weighted by Gasteiger charge is 1.87. The largest absolute Gasteiger partial charge is 0.159 e. The first kappa shape index (κ1) is 6.20. The molecule has 0 aromatic carbocycles. The Labute approximate surface area is 54.9 Å². The van der Waals surface area contributed by atoms with Gasteiger partial charge in [0, 0.05) is 6.20 Å². The molecule has 0 saturated carbocycles. The van der Waals surface area contributed by atoms with Crippen LogP contribution >= 0.6 is 0 Å². The van der Waals surface area contributed by atoms with Crippen molar-refractivity contribution < 1.29 is 0 Å². The van der Waals surface area contributed by atoms with E-state index in [4.69, 9.17) is 0 Å². The molecule has 0 fully saturated rings. The normalized spacial score (nSPS) is 9.44. The quantitative estimate of drug-likeness (QED) is 0.588. The molecular formula is C7H9N2. The maximum atomic E-state index is 3.88. The van der Waals surface area contributed by atoms with E-state index in [1.54, 1.807) is 6.20 Å². The highest BCUT2D eigenvalue weighted by molar-refractivity contribution is 4.98. The van der Waals surface area contributed by atoms with Gasteiger partial charge in [-0.2, -0.15) is 10.2 Å². The summed E-state index contributed by atoms with van der Waals surface area (Å²) in [4.78, 5) is 0. The van der Waals surface area contributed by atoms with Crippen molar-refractivity contribution in [1.29, 1.82) is 0 Å².